The van der Waals surface area contributed by atoms with Crippen molar-refractivity contribution in [2.75, 3.05) is 33.2 Å². The van der Waals surface area contributed by atoms with E-state index in [2.05, 4.69) is 26.1 Å². The molecule has 0 atom stereocenters. The third kappa shape index (κ3) is 5.20. The maximum absolute atomic E-state index is 13.3. The molecule has 39 heavy (non-hydrogen) atoms. The van der Waals surface area contributed by atoms with Gasteiger partial charge in [0.1, 0.15) is 5.75 Å². The average molecular weight is 595 g/mol. The zero-order valence-electron chi connectivity index (χ0n) is 22.3. The molecule has 9 heteroatoms. The first-order valence-corrected chi connectivity index (χ1v) is 13.8. The van der Waals surface area contributed by atoms with Crippen molar-refractivity contribution in [2.24, 2.45) is 0 Å². The lowest BCUT2D eigenvalue weighted by atomic mass is 9.71. The minimum Gasteiger partial charge on any atom is -0.497 e. The summed E-state index contributed by atoms with van der Waals surface area (Å²) in [4.78, 5) is 41.2. The fourth-order valence-corrected chi connectivity index (χ4v) is 6.32. The normalized spacial score (nSPS) is 17.6. The molecular formula is C30H31BrN2O6. The number of ketones is 2. The summed E-state index contributed by atoms with van der Waals surface area (Å²) in [6.07, 6.45) is 4.18. The van der Waals surface area contributed by atoms with E-state index in [4.69, 9.17) is 14.2 Å². The van der Waals surface area contributed by atoms with Gasteiger partial charge in [-0.15, -0.1) is 0 Å². The van der Waals surface area contributed by atoms with Gasteiger partial charge < -0.3 is 24.4 Å². The second kappa shape index (κ2) is 11.3. The molecular weight excluding hydrogens is 564 g/mol. The lowest BCUT2D eigenvalue weighted by Gasteiger charge is -2.42. The maximum Gasteiger partial charge on any atom is 0.262 e. The Morgan fingerprint density at radius 2 is 1.56 bits per heavy atom. The zero-order valence-corrected chi connectivity index (χ0v) is 23.9. The van der Waals surface area contributed by atoms with Crippen molar-refractivity contribution in [3.05, 3.63) is 69.0 Å². The van der Waals surface area contributed by atoms with Gasteiger partial charge in [-0.05, 0) is 83.6 Å². The molecule has 0 unspecified atom stereocenters. The quantitative estimate of drug-likeness (QED) is 0.450. The molecule has 2 aliphatic carbocycles. The van der Waals surface area contributed by atoms with Crippen molar-refractivity contribution in [1.82, 2.24) is 4.90 Å². The number of amides is 1. The van der Waals surface area contributed by atoms with Gasteiger partial charge in [0.25, 0.3) is 5.91 Å². The highest BCUT2D eigenvalue weighted by molar-refractivity contribution is 9.10. The molecule has 204 valence electrons. The number of hydrogen-bond acceptors (Lipinski definition) is 7. The maximum atomic E-state index is 13.3. The van der Waals surface area contributed by atoms with Gasteiger partial charge in [-0.2, -0.15) is 0 Å². The number of nitrogens with one attached hydrogen (secondary N) is 1. The number of methoxy groups -OCH3 is 2. The zero-order chi connectivity index (χ0) is 27.7. The molecule has 0 saturated heterocycles. The van der Waals surface area contributed by atoms with E-state index in [1.807, 2.05) is 19.2 Å². The molecule has 0 radical (unpaired) electrons. The highest BCUT2D eigenvalue weighted by atomic mass is 79.9. The smallest absolute Gasteiger partial charge is 0.262 e. The fraction of sp³-hybridized carbons (Fsp3) is 0.367. The molecule has 0 aromatic heterocycles. The van der Waals surface area contributed by atoms with Gasteiger partial charge in [-0.3, -0.25) is 14.4 Å². The van der Waals surface area contributed by atoms with Crippen LogP contribution in [0.5, 0.6) is 17.2 Å². The summed E-state index contributed by atoms with van der Waals surface area (Å²) in [6.45, 7) is -0.240. The van der Waals surface area contributed by atoms with E-state index in [0.717, 1.165) is 42.6 Å². The lowest BCUT2D eigenvalue weighted by molar-refractivity contribution is -0.118. The number of carbonyl (C=O) groups is 3. The van der Waals surface area contributed by atoms with Crippen molar-refractivity contribution in [3.63, 3.8) is 0 Å². The number of anilines is 1. The molecule has 1 heterocycles. The summed E-state index contributed by atoms with van der Waals surface area (Å²) < 4.78 is 17.3. The largest absolute Gasteiger partial charge is 0.497 e. The molecule has 2 aromatic rings. The van der Waals surface area contributed by atoms with Crippen LogP contribution in [0.2, 0.25) is 0 Å². The van der Waals surface area contributed by atoms with Crippen molar-refractivity contribution < 1.29 is 28.6 Å². The molecule has 2 aromatic carbocycles. The number of rotatable bonds is 7. The molecule has 0 spiro atoms. The van der Waals surface area contributed by atoms with Crippen molar-refractivity contribution in [3.8, 4) is 17.2 Å². The molecule has 0 saturated carbocycles. The second-order valence-corrected chi connectivity index (χ2v) is 10.7. The summed E-state index contributed by atoms with van der Waals surface area (Å²) in [5.74, 6) is 0.854. The third-order valence-corrected chi connectivity index (χ3v) is 8.14. The molecule has 3 aliphatic rings. The van der Waals surface area contributed by atoms with E-state index < -0.39 is 5.92 Å². The fourth-order valence-electron chi connectivity index (χ4n) is 5.74. The number of benzene rings is 2. The minimum atomic E-state index is -0.454. The van der Waals surface area contributed by atoms with Crippen molar-refractivity contribution >= 4 is 39.1 Å². The number of nitrogens with zero attached hydrogens (tertiary/aromatic N) is 1. The van der Waals surface area contributed by atoms with E-state index in [1.165, 1.54) is 7.11 Å². The number of hydrogen-bond donors (Lipinski definition) is 1. The van der Waals surface area contributed by atoms with Gasteiger partial charge in [0.2, 0.25) is 0 Å². The van der Waals surface area contributed by atoms with Crippen LogP contribution < -0.4 is 19.5 Å². The van der Waals surface area contributed by atoms with Crippen LogP contribution >= 0.6 is 15.9 Å². The number of carbonyl (C=O) groups excluding carboxylic acids is 3. The summed E-state index contributed by atoms with van der Waals surface area (Å²) in [7, 11) is 5.08. The first-order valence-electron chi connectivity index (χ1n) is 13.0. The van der Waals surface area contributed by atoms with Crippen LogP contribution in [0.1, 0.15) is 50.0 Å². The Bertz CT molecular complexity index is 1350. The standard InChI is InChI=1S/C30H31BrN2O6/c1-33-21-6-4-8-23(34)28(21)27(29-22(33)7-5-9-24(29)35)17-14-20(31)30(25(15-17)38-3)39-16-26(36)32-18-10-12-19(37-2)13-11-18/h10-15,27H,4-9,16H2,1-3H3,(H,32,36). The Morgan fingerprint density at radius 1 is 0.949 bits per heavy atom. The SMILES string of the molecule is COc1ccc(NC(=O)COc2c(Br)cc(C3C4=C(CCCC4=O)N(C)C4=C3C(=O)CCC4)cc2OC)cc1. The van der Waals surface area contributed by atoms with Gasteiger partial charge in [0.05, 0.1) is 18.7 Å². The molecule has 0 bridgehead atoms. The number of allylic oxidation sites excluding steroid dienone is 4. The van der Waals surface area contributed by atoms with Crippen LogP contribution in [-0.2, 0) is 14.4 Å². The van der Waals surface area contributed by atoms with Crippen molar-refractivity contribution in [2.45, 2.75) is 44.4 Å². The van der Waals surface area contributed by atoms with Gasteiger partial charge in [-0.25, -0.2) is 0 Å². The van der Waals surface area contributed by atoms with Gasteiger partial charge in [0, 0.05) is 54.0 Å². The number of ether oxygens (including phenoxy) is 3. The van der Waals surface area contributed by atoms with E-state index in [9.17, 15) is 14.4 Å². The molecule has 5 rings (SSSR count). The highest BCUT2D eigenvalue weighted by Crippen LogP contribution is 2.50. The molecule has 1 N–H and O–H groups in total. The summed E-state index contributed by atoms with van der Waals surface area (Å²) >= 11 is 3.59. The Labute approximate surface area is 236 Å². The lowest BCUT2D eigenvalue weighted by Crippen LogP contribution is -2.37. The average Bonchev–Trinajstić information content (AvgIpc) is 2.93. The monoisotopic (exact) mass is 594 g/mol. The van der Waals surface area contributed by atoms with Crippen LogP contribution in [0.25, 0.3) is 0 Å². The molecule has 0 fully saturated rings. The first kappa shape index (κ1) is 27.0. The Balaban J connectivity index is 1.45. The summed E-state index contributed by atoms with van der Waals surface area (Å²) in [5.41, 5.74) is 4.84. The predicted molar refractivity (Wildman–Crippen MR) is 150 cm³/mol. The molecule has 8 nitrogen and oxygen atoms in total. The Morgan fingerprint density at radius 3 is 2.13 bits per heavy atom. The van der Waals surface area contributed by atoms with Crippen LogP contribution in [-0.4, -0.2) is 50.2 Å². The van der Waals surface area contributed by atoms with E-state index in [0.29, 0.717) is 51.4 Å². The van der Waals surface area contributed by atoms with Crippen LogP contribution in [0.3, 0.4) is 0 Å². The molecule has 1 amide bonds. The summed E-state index contributed by atoms with van der Waals surface area (Å²) in [6, 6.07) is 10.7. The Kier molecular flexibility index (Phi) is 7.79. The van der Waals surface area contributed by atoms with Crippen LogP contribution in [0.15, 0.2) is 63.4 Å². The molecule has 1 aliphatic heterocycles. The van der Waals surface area contributed by atoms with Crippen molar-refractivity contribution in [1.29, 1.82) is 0 Å². The highest BCUT2D eigenvalue weighted by Gasteiger charge is 2.42. The number of halogens is 1. The van der Waals surface area contributed by atoms with E-state index >= 15 is 0 Å². The second-order valence-electron chi connectivity index (χ2n) is 9.87. The predicted octanol–water partition coefficient (Wildman–Crippen LogP) is 5.53. The Hall–Kier alpha value is -3.59. The first-order chi connectivity index (χ1) is 18.8. The third-order valence-electron chi connectivity index (χ3n) is 7.55. The van der Waals surface area contributed by atoms with Gasteiger partial charge >= 0.3 is 0 Å². The van der Waals surface area contributed by atoms with E-state index in [-0.39, 0.29) is 24.1 Å². The minimum absolute atomic E-state index is 0.0867. The number of Topliss-reactive ketones (excluding diaryl/α,β-unsaturated/α-hetero) is 2. The topological polar surface area (TPSA) is 94.2 Å². The van der Waals surface area contributed by atoms with E-state index in [1.54, 1.807) is 31.4 Å². The van der Waals surface area contributed by atoms with Gasteiger partial charge in [0.15, 0.2) is 29.7 Å². The van der Waals surface area contributed by atoms with Crippen LogP contribution in [0.4, 0.5) is 5.69 Å². The summed E-state index contributed by atoms with van der Waals surface area (Å²) in [5, 5.41) is 2.79. The van der Waals surface area contributed by atoms with Crippen LogP contribution in [0, 0.1) is 0 Å². The van der Waals surface area contributed by atoms with Gasteiger partial charge in [-0.1, -0.05) is 0 Å².